The molecule has 8 atom stereocenters. The second-order valence-corrected chi connectivity index (χ2v) is 17.4. The number of esters is 1. The highest BCUT2D eigenvalue weighted by Crippen LogP contribution is 2.67. The summed E-state index contributed by atoms with van der Waals surface area (Å²) in [5, 5.41) is 0. The molecule has 0 amide bonds. The van der Waals surface area contributed by atoms with Crippen LogP contribution in [0, 0.1) is 46.3 Å². The van der Waals surface area contributed by atoms with Gasteiger partial charge in [-0.3, -0.25) is 0 Å². The first-order chi connectivity index (χ1) is 22.7. The van der Waals surface area contributed by atoms with Gasteiger partial charge in [0.05, 0.1) is 12.2 Å². The van der Waals surface area contributed by atoms with E-state index in [1.54, 1.807) is 5.57 Å². The van der Waals surface area contributed by atoms with E-state index in [1.165, 1.54) is 96.3 Å². The summed E-state index contributed by atoms with van der Waals surface area (Å²) in [6.07, 6.45) is 27.2. The molecule has 264 valence electrons. The van der Waals surface area contributed by atoms with Crippen LogP contribution in [0.25, 0.3) is 0 Å². The van der Waals surface area contributed by atoms with Crippen LogP contribution in [0.4, 0.5) is 0 Å². The lowest BCUT2D eigenvalue weighted by Crippen LogP contribution is -2.51. The molecule has 4 aliphatic carbocycles. The Labute approximate surface area is 289 Å². The van der Waals surface area contributed by atoms with Gasteiger partial charge in [0.2, 0.25) is 0 Å². The van der Waals surface area contributed by atoms with Crippen molar-refractivity contribution in [1.82, 2.24) is 0 Å². The summed E-state index contributed by atoms with van der Waals surface area (Å²) in [5.74, 6) is 5.78. The average Bonchev–Trinajstić information content (AvgIpc) is 3.41. The zero-order valence-corrected chi connectivity index (χ0v) is 31.3. The molecule has 3 saturated carbocycles. The quantitative estimate of drug-likeness (QED) is 0.0959. The van der Waals surface area contributed by atoms with Gasteiger partial charge >= 0.3 is 5.97 Å². The van der Waals surface area contributed by atoms with Crippen LogP contribution in [0.3, 0.4) is 0 Å². The molecule has 5 rings (SSSR count). The molecular weight excluding hydrogens is 576 g/mol. The third-order valence-corrected chi connectivity index (χ3v) is 13.9. The number of ether oxygens (including phenoxy) is 2. The first-order valence-electron chi connectivity index (χ1n) is 20.3. The first-order valence-corrected chi connectivity index (χ1v) is 20.3. The smallest absolute Gasteiger partial charge is 0.338 e. The van der Waals surface area contributed by atoms with E-state index in [0.29, 0.717) is 11.0 Å². The molecule has 3 fully saturated rings. The van der Waals surface area contributed by atoms with Gasteiger partial charge in [-0.05, 0) is 122 Å². The molecule has 1 aromatic carbocycles. The van der Waals surface area contributed by atoms with Gasteiger partial charge in [-0.1, -0.05) is 117 Å². The fraction of sp³-hybridized carbons (Fsp3) is 0.795. The van der Waals surface area contributed by atoms with E-state index in [2.05, 4.69) is 47.6 Å². The SMILES string of the molecule is CCCCCCCCCCOc1ccc(C(=O)O[C@H]2CC[C@@]3(C)C(=CC[C@@H]4[C@H]5CC[C@@H]([C@H](C)CCCC(C)C)[C@]5(C)CC[C@H]43)C2)cc1. The minimum absolute atomic E-state index is 0.00678. The third kappa shape index (κ3) is 8.70. The summed E-state index contributed by atoms with van der Waals surface area (Å²) in [6, 6.07) is 7.61. The van der Waals surface area contributed by atoms with E-state index < -0.39 is 0 Å². The summed E-state index contributed by atoms with van der Waals surface area (Å²) >= 11 is 0. The van der Waals surface area contributed by atoms with Crippen LogP contribution in [0.5, 0.6) is 5.75 Å². The Morgan fingerprint density at radius 1 is 0.830 bits per heavy atom. The number of rotatable bonds is 17. The fourth-order valence-corrected chi connectivity index (χ4v) is 11.1. The maximum atomic E-state index is 13.2. The standard InChI is InChI=1S/C44H70O3/c1-7-8-9-10-11-12-13-14-30-46-36-21-18-34(19-22-36)42(45)47-37-26-28-43(5)35(31-37)20-23-38-40-25-24-39(33(4)17-15-16-32(2)3)44(40,6)29-27-41(38)43/h18-22,32-33,37-41H,7-17,23-31H2,1-6H3/t33-,37+,38-,39+,40-,41-,43+,44+/m1/s1. The van der Waals surface area contributed by atoms with Gasteiger partial charge in [0, 0.05) is 6.42 Å². The van der Waals surface area contributed by atoms with Gasteiger partial charge < -0.3 is 9.47 Å². The van der Waals surface area contributed by atoms with Gasteiger partial charge in [-0.15, -0.1) is 0 Å². The van der Waals surface area contributed by atoms with Crippen molar-refractivity contribution in [2.75, 3.05) is 6.61 Å². The highest BCUT2D eigenvalue weighted by atomic mass is 16.5. The summed E-state index contributed by atoms with van der Waals surface area (Å²) in [6.45, 7) is 15.6. The van der Waals surface area contributed by atoms with E-state index in [-0.39, 0.29) is 17.5 Å². The summed E-state index contributed by atoms with van der Waals surface area (Å²) < 4.78 is 12.1. The van der Waals surface area contributed by atoms with Crippen LogP contribution in [0.2, 0.25) is 0 Å². The van der Waals surface area contributed by atoms with Crippen molar-refractivity contribution < 1.29 is 14.3 Å². The highest BCUT2D eigenvalue weighted by Gasteiger charge is 2.59. The van der Waals surface area contributed by atoms with Gasteiger partial charge in [-0.2, -0.15) is 0 Å². The van der Waals surface area contributed by atoms with Crippen molar-refractivity contribution in [2.24, 2.45) is 46.3 Å². The van der Waals surface area contributed by atoms with Crippen LogP contribution >= 0.6 is 0 Å². The lowest BCUT2D eigenvalue weighted by atomic mass is 9.47. The lowest BCUT2D eigenvalue weighted by molar-refractivity contribution is -0.0594. The number of fused-ring (bicyclic) bond motifs is 5. The van der Waals surface area contributed by atoms with Crippen LogP contribution in [0.1, 0.15) is 174 Å². The van der Waals surface area contributed by atoms with Crippen molar-refractivity contribution in [1.29, 1.82) is 0 Å². The minimum Gasteiger partial charge on any atom is -0.494 e. The zero-order chi connectivity index (χ0) is 33.4. The number of unbranched alkanes of at least 4 members (excludes halogenated alkanes) is 7. The minimum atomic E-state index is -0.185. The molecule has 3 nitrogen and oxygen atoms in total. The molecule has 4 aliphatic rings. The third-order valence-electron chi connectivity index (χ3n) is 13.9. The molecule has 0 aromatic heterocycles. The molecule has 47 heavy (non-hydrogen) atoms. The average molecular weight is 647 g/mol. The number of hydrogen-bond donors (Lipinski definition) is 0. The zero-order valence-electron chi connectivity index (χ0n) is 31.3. The van der Waals surface area contributed by atoms with Crippen molar-refractivity contribution >= 4 is 5.97 Å². The van der Waals surface area contributed by atoms with Crippen LogP contribution < -0.4 is 4.74 Å². The van der Waals surface area contributed by atoms with Gasteiger partial charge in [0.15, 0.2) is 0 Å². The Bertz CT molecular complexity index is 1150. The molecule has 0 bridgehead atoms. The van der Waals surface area contributed by atoms with Gasteiger partial charge in [0.1, 0.15) is 11.9 Å². The summed E-state index contributed by atoms with van der Waals surface area (Å²) in [5.41, 5.74) is 3.03. The van der Waals surface area contributed by atoms with Gasteiger partial charge in [-0.25, -0.2) is 4.79 Å². The van der Waals surface area contributed by atoms with Crippen LogP contribution in [-0.4, -0.2) is 18.7 Å². The monoisotopic (exact) mass is 647 g/mol. The lowest BCUT2D eigenvalue weighted by Gasteiger charge is -2.58. The van der Waals surface area contributed by atoms with E-state index in [9.17, 15) is 4.79 Å². The second kappa shape index (κ2) is 16.8. The van der Waals surface area contributed by atoms with Crippen molar-refractivity contribution in [3.63, 3.8) is 0 Å². The number of benzene rings is 1. The Morgan fingerprint density at radius 3 is 2.28 bits per heavy atom. The van der Waals surface area contributed by atoms with Crippen molar-refractivity contribution in [3.8, 4) is 5.75 Å². The molecule has 0 aliphatic heterocycles. The molecule has 0 unspecified atom stereocenters. The Morgan fingerprint density at radius 2 is 1.55 bits per heavy atom. The molecule has 1 aromatic rings. The molecular formula is C44H70O3. The van der Waals surface area contributed by atoms with Gasteiger partial charge in [0.25, 0.3) is 0 Å². The maximum Gasteiger partial charge on any atom is 0.338 e. The second-order valence-electron chi connectivity index (χ2n) is 17.4. The topological polar surface area (TPSA) is 35.5 Å². The maximum absolute atomic E-state index is 13.2. The molecule has 0 saturated heterocycles. The van der Waals surface area contributed by atoms with Crippen LogP contribution in [0.15, 0.2) is 35.9 Å². The molecule has 3 heteroatoms. The Hall–Kier alpha value is -1.77. The van der Waals surface area contributed by atoms with Crippen molar-refractivity contribution in [2.45, 2.75) is 170 Å². The fourth-order valence-electron chi connectivity index (χ4n) is 11.1. The number of carbonyl (C=O) groups excluding carboxylic acids is 1. The highest BCUT2D eigenvalue weighted by molar-refractivity contribution is 5.89. The number of hydrogen-bond acceptors (Lipinski definition) is 3. The molecule has 0 heterocycles. The number of allylic oxidation sites excluding steroid dienone is 1. The molecule has 0 N–H and O–H groups in total. The number of carbonyl (C=O) groups is 1. The predicted octanol–water partition coefficient (Wildman–Crippen LogP) is 12.8. The summed E-state index contributed by atoms with van der Waals surface area (Å²) in [4.78, 5) is 13.2. The van der Waals surface area contributed by atoms with E-state index in [4.69, 9.17) is 9.47 Å². The summed E-state index contributed by atoms with van der Waals surface area (Å²) in [7, 11) is 0. The van der Waals surface area contributed by atoms with E-state index in [1.807, 2.05) is 24.3 Å². The normalized spacial score (nSPS) is 32.2. The van der Waals surface area contributed by atoms with Crippen molar-refractivity contribution in [3.05, 3.63) is 41.5 Å². The Kier molecular flexibility index (Phi) is 13.0. The van der Waals surface area contributed by atoms with Crippen LogP contribution in [-0.2, 0) is 4.74 Å². The molecule has 0 spiro atoms. The largest absolute Gasteiger partial charge is 0.494 e. The predicted molar refractivity (Wildman–Crippen MR) is 197 cm³/mol. The van der Waals surface area contributed by atoms with E-state index in [0.717, 1.165) is 73.5 Å². The Balaban J connectivity index is 1.09. The first kappa shape index (κ1) is 36.5. The van der Waals surface area contributed by atoms with E-state index >= 15 is 0 Å². The molecule has 0 radical (unpaired) electrons.